The van der Waals surface area contributed by atoms with Gasteiger partial charge in [0.2, 0.25) is 0 Å². The molecule has 0 aliphatic rings. The Kier molecular flexibility index (Phi) is 6.37. The second-order valence-corrected chi connectivity index (χ2v) is 5.89. The first kappa shape index (κ1) is 18.7. The SMILES string of the molecule is CCC(C)c1ccc(NC(=O)Nc2ccnc3ccccc23)cc1.Cl. The molecule has 5 heteroatoms. The van der Waals surface area contributed by atoms with Crippen LogP contribution in [0.4, 0.5) is 16.2 Å². The summed E-state index contributed by atoms with van der Waals surface area (Å²) in [5.74, 6) is 0.524. The number of halogens is 1. The summed E-state index contributed by atoms with van der Waals surface area (Å²) in [6, 6.07) is 17.3. The average molecular weight is 356 g/mol. The van der Waals surface area contributed by atoms with E-state index < -0.39 is 0 Å². The minimum absolute atomic E-state index is 0. The van der Waals surface area contributed by atoms with Crippen molar-refractivity contribution in [1.29, 1.82) is 0 Å². The quantitative estimate of drug-likeness (QED) is 0.620. The zero-order valence-electron chi connectivity index (χ0n) is 14.3. The number of hydrogen-bond acceptors (Lipinski definition) is 2. The highest BCUT2D eigenvalue weighted by atomic mass is 35.5. The van der Waals surface area contributed by atoms with Crippen molar-refractivity contribution < 1.29 is 4.79 Å². The van der Waals surface area contributed by atoms with E-state index in [1.807, 2.05) is 36.4 Å². The molecule has 3 aromatic rings. The molecular weight excluding hydrogens is 334 g/mol. The van der Waals surface area contributed by atoms with Crippen LogP contribution in [0.3, 0.4) is 0 Å². The maximum atomic E-state index is 12.3. The first-order valence-electron chi connectivity index (χ1n) is 8.19. The Morgan fingerprint density at radius 2 is 1.76 bits per heavy atom. The van der Waals surface area contributed by atoms with Crippen LogP contribution in [0.5, 0.6) is 0 Å². The molecule has 2 amide bonds. The van der Waals surface area contributed by atoms with E-state index in [2.05, 4.69) is 41.6 Å². The maximum absolute atomic E-state index is 12.3. The lowest BCUT2D eigenvalue weighted by Gasteiger charge is -2.12. The number of nitrogens with one attached hydrogen (secondary N) is 2. The number of para-hydroxylation sites is 1. The number of aromatic nitrogens is 1. The van der Waals surface area contributed by atoms with Gasteiger partial charge >= 0.3 is 6.03 Å². The summed E-state index contributed by atoms with van der Waals surface area (Å²) in [5.41, 5.74) is 3.66. The summed E-state index contributed by atoms with van der Waals surface area (Å²) in [6.45, 7) is 4.37. The van der Waals surface area contributed by atoms with E-state index in [1.54, 1.807) is 12.3 Å². The van der Waals surface area contributed by atoms with Crippen molar-refractivity contribution in [3.05, 3.63) is 66.4 Å². The van der Waals surface area contributed by atoms with Crippen LogP contribution in [0.1, 0.15) is 31.7 Å². The van der Waals surface area contributed by atoms with Crippen LogP contribution in [-0.2, 0) is 0 Å². The fourth-order valence-corrected chi connectivity index (χ4v) is 2.62. The highest BCUT2D eigenvalue weighted by Crippen LogP contribution is 2.22. The molecule has 0 bridgehead atoms. The second-order valence-electron chi connectivity index (χ2n) is 5.89. The molecule has 1 unspecified atom stereocenters. The van der Waals surface area contributed by atoms with Crippen LogP contribution < -0.4 is 10.6 Å². The summed E-state index contributed by atoms with van der Waals surface area (Å²) in [5, 5.41) is 6.68. The van der Waals surface area contributed by atoms with Crippen molar-refractivity contribution in [3.8, 4) is 0 Å². The lowest BCUT2D eigenvalue weighted by Crippen LogP contribution is -2.19. The number of pyridine rings is 1. The van der Waals surface area contributed by atoms with E-state index in [-0.39, 0.29) is 18.4 Å². The van der Waals surface area contributed by atoms with Gasteiger partial charge in [-0.2, -0.15) is 0 Å². The number of hydrogen-bond donors (Lipinski definition) is 2. The van der Waals surface area contributed by atoms with Gasteiger partial charge in [-0.25, -0.2) is 4.79 Å². The van der Waals surface area contributed by atoms with Crippen molar-refractivity contribution in [2.45, 2.75) is 26.2 Å². The van der Waals surface area contributed by atoms with Gasteiger partial charge in [0.05, 0.1) is 11.2 Å². The molecule has 25 heavy (non-hydrogen) atoms. The van der Waals surface area contributed by atoms with Crippen LogP contribution in [0.2, 0.25) is 0 Å². The predicted octanol–water partition coefficient (Wildman–Crippen LogP) is 5.81. The summed E-state index contributed by atoms with van der Waals surface area (Å²) in [6.07, 6.45) is 2.79. The first-order chi connectivity index (χ1) is 11.7. The van der Waals surface area contributed by atoms with Gasteiger partial charge in [-0.1, -0.05) is 44.2 Å². The van der Waals surface area contributed by atoms with Gasteiger partial charge < -0.3 is 10.6 Å². The maximum Gasteiger partial charge on any atom is 0.323 e. The number of urea groups is 1. The third-order valence-electron chi connectivity index (χ3n) is 4.25. The molecule has 130 valence electrons. The molecule has 0 saturated heterocycles. The molecule has 2 aromatic carbocycles. The van der Waals surface area contributed by atoms with Gasteiger partial charge in [0.25, 0.3) is 0 Å². The Morgan fingerprint density at radius 3 is 2.48 bits per heavy atom. The number of benzene rings is 2. The molecule has 0 radical (unpaired) electrons. The third kappa shape index (κ3) is 4.48. The van der Waals surface area contributed by atoms with Gasteiger partial charge in [0, 0.05) is 17.3 Å². The largest absolute Gasteiger partial charge is 0.323 e. The summed E-state index contributed by atoms with van der Waals surface area (Å²) >= 11 is 0. The van der Waals surface area contributed by atoms with Crippen LogP contribution in [-0.4, -0.2) is 11.0 Å². The molecule has 1 aromatic heterocycles. The Hall–Kier alpha value is -2.59. The number of amides is 2. The van der Waals surface area contributed by atoms with E-state index in [0.717, 1.165) is 28.7 Å². The Bertz CT molecular complexity index is 844. The van der Waals surface area contributed by atoms with Crippen molar-refractivity contribution in [2.75, 3.05) is 10.6 Å². The minimum atomic E-state index is -0.261. The van der Waals surface area contributed by atoms with E-state index in [0.29, 0.717) is 5.92 Å². The fourth-order valence-electron chi connectivity index (χ4n) is 2.62. The molecule has 1 heterocycles. The summed E-state index contributed by atoms with van der Waals surface area (Å²) < 4.78 is 0. The van der Waals surface area contributed by atoms with Crippen LogP contribution in [0.25, 0.3) is 10.9 Å². The number of rotatable bonds is 4. The number of fused-ring (bicyclic) bond motifs is 1. The number of anilines is 2. The second kappa shape index (κ2) is 8.49. The minimum Gasteiger partial charge on any atom is -0.308 e. The lowest BCUT2D eigenvalue weighted by atomic mass is 9.99. The molecule has 0 fully saturated rings. The summed E-state index contributed by atoms with van der Waals surface area (Å²) in [7, 11) is 0. The van der Waals surface area contributed by atoms with Crippen molar-refractivity contribution in [3.63, 3.8) is 0 Å². The molecule has 0 spiro atoms. The van der Waals surface area contributed by atoms with E-state index in [1.165, 1.54) is 5.56 Å². The molecule has 0 aliphatic heterocycles. The standard InChI is InChI=1S/C20H21N3O.ClH/c1-3-14(2)15-8-10-16(11-9-15)22-20(24)23-19-12-13-21-18-7-5-4-6-17(18)19;/h4-14H,3H2,1-2H3,(H2,21,22,23,24);1H. The molecule has 3 rings (SSSR count). The fraction of sp³-hybridized carbons (Fsp3) is 0.200. The van der Waals surface area contributed by atoms with Gasteiger partial charge in [-0.15, -0.1) is 12.4 Å². The highest BCUT2D eigenvalue weighted by Gasteiger charge is 2.07. The predicted molar refractivity (Wildman–Crippen MR) is 107 cm³/mol. The summed E-state index contributed by atoms with van der Waals surface area (Å²) in [4.78, 5) is 16.6. The van der Waals surface area contributed by atoms with E-state index >= 15 is 0 Å². The number of carbonyl (C=O) groups excluding carboxylic acids is 1. The monoisotopic (exact) mass is 355 g/mol. The number of carbonyl (C=O) groups is 1. The topological polar surface area (TPSA) is 54.0 Å². The third-order valence-corrected chi connectivity index (χ3v) is 4.25. The van der Waals surface area contributed by atoms with Crippen LogP contribution in [0, 0.1) is 0 Å². The molecule has 4 nitrogen and oxygen atoms in total. The smallest absolute Gasteiger partial charge is 0.308 e. The Labute approximate surface area is 154 Å². The van der Waals surface area contributed by atoms with Gasteiger partial charge in [-0.3, -0.25) is 4.98 Å². The van der Waals surface area contributed by atoms with E-state index in [4.69, 9.17) is 0 Å². The average Bonchev–Trinajstić information content (AvgIpc) is 2.62. The van der Waals surface area contributed by atoms with Crippen molar-refractivity contribution in [1.82, 2.24) is 4.98 Å². The Balaban J connectivity index is 0.00000225. The van der Waals surface area contributed by atoms with Crippen molar-refractivity contribution in [2.24, 2.45) is 0 Å². The molecule has 0 aliphatic carbocycles. The lowest BCUT2D eigenvalue weighted by molar-refractivity contribution is 0.262. The normalized spacial score (nSPS) is 11.4. The van der Waals surface area contributed by atoms with E-state index in [9.17, 15) is 4.79 Å². The number of nitrogens with zero attached hydrogens (tertiary/aromatic N) is 1. The molecular formula is C20H22ClN3O. The molecule has 0 saturated carbocycles. The molecule has 1 atom stereocenters. The first-order valence-corrected chi connectivity index (χ1v) is 8.19. The zero-order chi connectivity index (χ0) is 16.9. The van der Waals surface area contributed by atoms with Gasteiger partial charge in [-0.05, 0) is 42.2 Å². The Morgan fingerprint density at radius 1 is 1.04 bits per heavy atom. The highest BCUT2D eigenvalue weighted by molar-refractivity contribution is 6.05. The molecule has 2 N–H and O–H groups in total. The van der Waals surface area contributed by atoms with Crippen LogP contribution in [0.15, 0.2) is 60.8 Å². The van der Waals surface area contributed by atoms with Gasteiger partial charge in [0.1, 0.15) is 0 Å². The zero-order valence-corrected chi connectivity index (χ0v) is 15.1. The van der Waals surface area contributed by atoms with Crippen molar-refractivity contribution >= 4 is 40.7 Å². The van der Waals surface area contributed by atoms with Gasteiger partial charge in [0.15, 0.2) is 0 Å². The van der Waals surface area contributed by atoms with Crippen LogP contribution >= 0.6 is 12.4 Å².